The van der Waals surface area contributed by atoms with Crippen LogP contribution in [0.25, 0.3) is 0 Å². The van der Waals surface area contributed by atoms with Crippen molar-refractivity contribution in [3.05, 3.63) is 64.7 Å². The Hall–Kier alpha value is -2.86. The SMILES string of the molecule is CC1C(C2=NN(Cc3ccccc3)C(=O)C(C)(C)C2)c2cc(Cl)ccc2N1CC(=O)O. The zero-order valence-electron chi connectivity index (χ0n) is 17.9. The van der Waals surface area contributed by atoms with Crippen molar-refractivity contribution in [2.45, 2.75) is 45.7 Å². The van der Waals surface area contributed by atoms with Gasteiger partial charge in [0.05, 0.1) is 12.0 Å². The summed E-state index contributed by atoms with van der Waals surface area (Å²) >= 11 is 6.30. The largest absolute Gasteiger partial charge is 0.480 e. The van der Waals surface area contributed by atoms with Crippen molar-refractivity contribution in [1.29, 1.82) is 0 Å². The second-order valence-electron chi connectivity index (χ2n) is 8.94. The molecule has 2 atom stereocenters. The molecule has 6 nitrogen and oxygen atoms in total. The van der Waals surface area contributed by atoms with E-state index in [0.29, 0.717) is 18.0 Å². The minimum absolute atomic E-state index is 0.0144. The fraction of sp³-hybridized carbons (Fsp3) is 0.375. The highest BCUT2D eigenvalue weighted by Crippen LogP contribution is 2.46. The molecule has 0 saturated heterocycles. The van der Waals surface area contributed by atoms with E-state index in [4.69, 9.17) is 16.7 Å². The number of benzene rings is 2. The lowest BCUT2D eigenvalue weighted by atomic mass is 9.78. The zero-order valence-corrected chi connectivity index (χ0v) is 18.6. The summed E-state index contributed by atoms with van der Waals surface area (Å²) in [5.41, 5.74) is 3.10. The van der Waals surface area contributed by atoms with Crippen LogP contribution in [-0.2, 0) is 16.1 Å². The van der Waals surface area contributed by atoms with Crippen molar-refractivity contribution in [3.8, 4) is 0 Å². The summed E-state index contributed by atoms with van der Waals surface area (Å²) in [6, 6.07) is 15.2. The van der Waals surface area contributed by atoms with Crippen LogP contribution in [0.3, 0.4) is 0 Å². The number of halogens is 1. The average Bonchev–Trinajstić information content (AvgIpc) is 2.96. The van der Waals surface area contributed by atoms with Crippen molar-refractivity contribution >= 4 is 34.9 Å². The molecule has 7 heteroatoms. The third-order valence-electron chi connectivity index (χ3n) is 6.13. The Morgan fingerprint density at radius 1 is 1.23 bits per heavy atom. The number of carbonyl (C=O) groups excluding carboxylic acids is 1. The molecule has 2 aliphatic rings. The number of hydrogen-bond donors (Lipinski definition) is 1. The molecule has 2 unspecified atom stereocenters. The normalized spacial score (nSPS) is 22.3. The first-order chi connectivity index (χ1) is 14.7. The summed E-state index contributed by atoms with van der Waals surface area (Å²) in [4.78, 5) is 26.5. The summed E-state index contributed by atoms with van der Waals surface area (Å²) in [5, 5.41) is 16.4. The predicted octanol–water partition coefficient (Wildman–Crippen LogP) is 4.53. The Labute approximate surface area is 187 Å². The monoisotopic (exact) mass is 439 g/mol. The lowest BCUT2D eigenvalue weighted by Gasteiger charge is -2.37. The number of rotatable bonds is 5. The van der Waals surface area contributed by atoms with E-state index in [1.165, 1.54) is 0 Å². The van der Waals surface area contributed by atoms with E-state index < -0.39 is 11.4 Å². The summed E-state index contributed by atoms with van der Waals surface area (Å²) in [6.45, 7) is 6.19. The number of fused-ring (bicyclic) bond motifs is 1. The Kier molecular flexibility index (Phi) is 5.52. The number of carboxylic acid groups (broad SMARTS) is 1. The van der Waals surface area contributed by atoms with Gasteiger partial charge in [-0.15, -0.1) is 0 Å². The first-order valence-electron chi connectivity index (χ1n) is 10.4. The topological polar surface area (TPSA) is 73.2 Å². The zero-order chi connectivity index (χ0) is 22.3. The molecule has 1 N–H and O–H groups in total. The lowest BCUT2D eigenvalue weighted by Crippen LogP contribution is -2.46. The van der Waals surface area contributed by atoms with Gasteiger partial charge in [-0.3, -0.25) is 9.59 Å². The first kappa shape index (κ1) is 21.4. The maximum absolute atomic E-state index is 13.1. The number of hydrogen-bond acceptors (Lipinski definition) is 4. The number of carboxylic acids is 1. The molecule has 31 heavy (non-hydrogen) atoms. The number of hydrazone groups is 1. The molecule has 0 aliphatic carbocycles. The third-order valence-corrected chi connectivity index (χ3v) is 6.37. The van der Waals surface area contributed by atoms with Gasteiger partial charge >= 0.3 is 5.97 Å². The van der Waals surface area contributed by atoms with E-state index >= 15 is 0 Å². The number of nitrogens with zero attached hydrogens (tertiary/aromatic N) is 3. The van der Waals surface area contributed by atoms with E-state index in [2.05, 4.69) is 0 Å². The maximum Gasteiger partial charge on any atom is 0.323 e. The van der Waals surface area contributed by atoms with Crippen molar-refractivity contribution < 1.29 is 14.7 Å². The van der Waals surface area contributed by atoms with Crippen molar-refractivity contribution in [1.82, 2.24) is 5.01 Å². The minimum atomic E-state index is -0.889. The van der Waals surface area contributed by atoms with Crippen molar-refractivity contribution in [2.75, 3.05) is 11.4 Å². The Morgan fingerprint density at radius 2 is 1.94 bits per heavy atom. The molecule has 0 radical (unpaired) electrons. The van der Waals surface area contributed by atoms with E-state index in [0.717, 1.165) is 22.5 Å². The molecular formula is C24H26ClN3O3. The van der Waals surface area contributed by atoms with Gasteiger partial charge in [0.1, 0.15) is 6.54 Å². The van der Waals surface area contributed by atoms with Gasteiger partial charge in [0.15, 0.2) is 0 Å². The Bertz CT molecular complexity index is 1050. The van der Waals surface area contributed by atoms with Gasteiger partial charge in [-0.2, -0.15) is 5.10 Å². The van der Waals surface area contributed by atoms with Crippen LogP contribution in [0, 0.1) is 5.41 Å². The molecule has 1 amide bonds. The molecule has 2 aromatic carbocycles. The summed E-state index contributed by atoms with van der Waals surface area (Å²) < 4.78 is 0. The van der Waals surface area contributed by atoms with E-state index in [1.807, 2.05) is 68.1 Å². The van der Waals surface area contributed by atoms with Gasteiger partial charge in [0, 0.05) is 34.8 Å². The van der Waals surface area contributed by atoms with E-state index in [1.54, 1.807) is 11.1 Å². The standard InChI is InChI=1S/C24H26ClN3O3/c1-15-22(18-11-17(25)9-10-20(18)27(15)14-21(29)30)19-12-24(2,3)23(31)28(26-19)13-16-7-5-4-6-8-16/h4-11,15,22H,12-14H2,1-3H3,(H,29,30). The molecule has 2 heterocycles. The predicted molar refractivity (Wildman–Crippen MR) is 121 cm³/mol. The number of aliphatic carboxylic acids is 1. The van der Waals surface area contributed by atoms with Crippen LogP contribution in [-0.4, -0.2) is 40.3 Å². The highest BCUT2D eigenvalue weighted by molar-refractivity contribution is 6.30. The van der Waals surface area contributed by atoms with Gasteiger partial charge in [-0.05, 0) is 36.2 Å². The van der Waals surface area contributed by atoms with E-state index in [-0.39, 0.29) is 24.4 Å². The molecule has 0 saturated carbocycles. The van der Waals surface area contributed by atoms with Crippen LogP contribution in [0.5, 0.6) is 0 Å². The lowest BCUT2D eigenvalue weighted by molar-refractivity contribution is -0.142. The molecular weight excluding hydrogens is 414 g/mol. The van der Waals surface area contributed by atoms with Crippen LogP contribution in [0.2, 0.25) is 5.02 Å². The van der Waals surface area contributed by atoms with Gasteiger partial charge in [0.2, 0.25) is 5.91 Å². The molecule has 0 aromatic heterocycles. The van der Waals surface area contributed by atoms with E-state index in [9.17, 15) is 14.7 Å². The summed E-state index contributed by atoms with van der Waals surface area (Å²) in [7, 11) is 0. The van der Waals surface area contributed by atoms with Crippen LogP contribution < -0.4 is 4.90 Å². The van der Waals surface area contributed by atoms with Gasteiger partial charge in [-0.1, -0.05) is 55.8 Å². The fourth-order valence-electron chi connectivity index (χ4n) is 4.68. The average molecular weight is 440 g/mol. The van der Waals surface area contributed by atoms with Gasteiger partial charge < -0.3 is 10.0 Å². The summed E-state index contributed by atoms with van der Waals surface area (Å²) in [5.74, 6) is -1.04. The quantitative estimate of drug-likeness (QED) is 0.742. The van der Waals surface area contributed by atoms with Crippen molar-refractivity contribution in [3.63, 3.8) is 0 Å². The number of anilines is 1. The smallest absolute Gasteiger partial charge is 0.323 e. The minimum Gasteiger partial charge on any atom is -0.480 e. The van der Waals surface area contributed by atoms with Crippen molar-refractivity contribution in [2.24, 2.45) is 10.5 Å². The molecule has 0 spiro atoms. The van der Waals surface area contributed by atoms with Crippen LogP contribution in [0.4, 0.5) is 5.69 Å². The maximum atomic E-state index is 13.1. The second kappa shape index (κ2) is 8.00. The summed E-state index contributed by atoms with van der Waals surface area (Å²) in [6.07, 6.45) is 0.513. The highest BCUT2D eigenvalue weighted by atomic mass is 35.5. The molecule has 162 valence electrons. The number of carbonyl (C=O) groups is 2. The Morgan fingerprint density at radius 3 is 2.61 bits per heavy atom. The fourth-order valence-corrected chi connectivity index (χ4v) is 4.86. The third kappa shape index (κ3) is 4.04. The molecule has 4 rings (SSSR count). The molecule has 0 fully saturated rings. The van der Waals surface area contributed by atoms with Gasteiger partial charge in [0.25, 0.3) is 0 Å². The first-order valence-corrected chi connectivity index (χ1v) is 10.8. The Balaban J connectivity index is 1.76. The molecule has 0 bridgehead atoms. The van der Waals surface area contributed by atoms with Crippen LogP contribution in [0.15, 0.2) is 53.6 Å². The second-order valence-corrected chi connectivity index (χ2v) is 9.38. The number of amides is 1. The highest BCUT2D eigenvalue weighted by Gasteiger charge is 2.45. The van der Waals surface area contributed by atoms with Crippen LogP contribution in [0.1, 0.15) is 44.2 Å². The van der Waals surface area contributed by atoms with Gasteiger partial charge in [-0.25, -0.2) is 5.01 Å². The molecule has 2 aromatic rings. The molecule has 2 aliphatic heterocycles. The van der Waals surface area contributed by atoms with Crippen LogP contribution >= 0.6 is 11.6 Å².